The summed E-state index contributed by atoms with van der Waals surface area (Å²) >= 11 is 0. The number of aromatic hydroxyl groups is 1. The third kappa shape index (κ3) is 4.06. The number of methoxy groups -OCH3 is 1. The average Bonchev–Trinajstić information content (AvgIpc) is 3.10. The fraction of sp³-hybridized carbons (Fsp3) is 0.0526. The Morgan fingerprint density at radius 2 is 2.04 bits per heavy atom. The van der Waals surface area contributed by atoms with Crippen LogP contribution in [0, 0.1) is 0 Å². The predicted molar refractivity (Wildman–Crippen MR) is 95.9 cm³/mol. The van der Waals surface area contributed by atoms with Gasteiger partial charge in [-0.2, -0.15) is 5.10 Å². The van der Waals surface area contributed by atoms with Crippen molar-refractivity contribution in [2.24, 2.45) is 0 Å². The normalized spacial score (nSPS) is 10.8. The summed E-state index contributed by atoms with van der Waals surface area (Å²) in [6.45, 7) is 0. The molecule has 0 radical (unpaired) electrons. The molecule has 0 bridgehead atoms. The molecular weight excluding hydrogens is 318 g/mol. The smallest absolute Gasteiger partial charge is 0.248 e. The van der Waals surface area contributed by atoms with Gasteiger partial charge in [0.25, 0.3) is 0 Å². The van der Waals surface area contributed by atoms with Gasteiger partial charge in [-0.15, -0.1) is 0 Å². The Hall–Kier alpha value is -3.54. The molecule has 1 amide bonds. The number of benzene rings is 2. The first-order chi connectivity index (χ1) is 12.2. The zero-order valence-corrected chi connectivity index (χ0v) is 13.6. The van der Waals surface area contributed by atoms with Crippen LogP contribution < -0.4 is 10.1 Å². The van der Waals surface area contributed by atoms with Crippen molar-refractivity contribution in [3.8, 4) is 17.2 Å². The van der Waals surface area contributed by atoms with Gasteiger partial charge in [0.05, 0.1) is 30.9 Å². The zero-order valence-electron chi connectivity index (χ0n) is 13.6. The van der Waals surface area contributed by atoms with Crippen molar-refractivity contribution in [3.05, 3.63) is 72.6 Å². The van der Waals surface area contributed by atoms with Crippen LogP contribution in [-0.4, -0.2) is 27.9 Å². The minimum Gasteiger partial charge on any atom is -0.504 e. The van der Waals surface area contributed by atoms with Crippen LogP contribution in [0.1, 0.15) is 5.56 Å². The number of phenolic OH excluding ortho intramolecular Hbond substituents is 1. The van der Waals surface area contributed by atoms with E-state index in [1.165, 1.54) is 19.3 Å². The lowest BCUT2D eigenvalue weighted by molar-refractivity contribution is -0.111. The summed E-state index contributed by atoms with van der Waals surface area (Å²) in [5, 5.41) is 16.5. The third-order valence-electron chi connectivity index (χ3n) is 3.50. The minimum atomic E-state index is -0.278. The monoisotopic (exact) mass is 335 g/mol. The summed E-state index contributed by atoms with van der Waals surface area (Å²) in [7, 11) is 1.47. The van der Waals surface area contributed by atoms with Gasteiger partial charge in [0.15, 0.2) is 11.5 Å². The van der Waals surface area contributed by atoms with E-state index in [1.54, 1.807) is 35.3 Å². The van der Waals surface area contributed by atoms with Gasteiger partial charge in [-0.3, -0.25) is 4.79 Å². The Bertz CT molecular complexity index is 901. The van der Waals surface area contributed by atoms with E-state index in [2.05, 4.69) is 10.4 Å². The van der Waals surface area contributed by atoms with Gasteiger partial charge in [0.2, 0.25) is 5.91 Å². The summed E-state index contributed by atoms with van der Waals surface area (Å²) in [5.41, 5.74) is 2.25. The Morgan fingerprint density at radius 1 is 1.24 bits per heavy atom. The molecule has 0 spiro atoms. The van der Waals surface area contributed by atoms with E-state index in [0.717, 1.165) is 11.3 Å². The molecule has 6 heteroatoms. The van der Waals surface area contributed by atoms with E-state index in [4.69, 9.17) is 4.74 Å². The second-order valence-corrected chi connectivity index (χ2v) is 5.26. The van der Waals surface area contributed by atoms with Gasteiger partial charge in [-0.1, -0.05) is 24.3 Å². The molecule has 0 saturated carbocycles. The lowest BCUT2D eigenvalue weighted by Crippen LogP contribution is -2.06. The number of hydrogen-bond donors (Lipinski definition) is 2. The minimum absolute atomic E-state index is 0.0532. The second kappa shape index (κ2) is 7.35. The average molecular weight is 335 g/mol. The van der Waals surface area contributed by atoms with E-state index >= 15 is 0 Å². The number of nitrogens with zero attached hydrogens (tertiary/aromatic N) is 2. The van der Waals surface area contributed by atoms with E-state index in [0.29, 0.717) is 11.4 Å². The number of carbonyl (C=O) groups excluding carboxylic acids is 1. The van der Waals surface area contributed by atoms with E-state index in [9.17, 15) is 9.90 Å². The van der Waals surface area contributed by atoms with Gasteiger partial charge < -0.3 is 15.2 Å². The number of amides is 1. The maximum absolute atomic E-state index is 12.0. The number of rotatable bonds is 5. The number of nitrogens with one attached hydrogen (secondary N) is 1. The number of carbonyl (C=O) groups is 1. The lowest BCUT2D eigenvalue weighted by Gasteiger charge is -2.03. The molecule has 126 valence electrons. The Kier molecular flexibility index (Phi) is 4.80. The molecule has 0 aliphatic heterocycles. The Labute approximate surface area is 145 Å². The summed E-state index contributed by atoms with van der Waals surface area (Å²) in [5.74, 6) is 0.128. The molecule has 0 saturated heterocycles. The molecule has 0 atom stereocenters. The predicted octanol–water partition coefficient (Wildman–Crippen LogP) is 3.24. The Balaban J connectivity index is 1.66. The molecule has 1 heterocycles. The molecular formula is C19H17N3O3. The maximum atomic E-state index is 12.0. The molecule has 0 aliphatic carbocycles. The van der Waals surface area contributed by atoms with Crippen LogP contribution in [0.15, 0.2) is 67.0 Å². The topological polar surface area (TPSA) is 76.4 Å². The largest absolute Gasteiger partial charge is 0.504 e. The second-order valence-electron chi connectivity index (χ2n) is 5.26. The van der Waals surface area contributed by atoms with Gasteiger partial charge in [0, 0.05) is 6.08 Å². The first-order valence-corrected chi connectivity index (χ1v) is 7.62. The quantitative estimate of drug-likeness (QED) is 0.702. The van der Waals surface area contributed by atoms with Crippen molar-refractivity contribution >= 4 is 17.7 Å². The molecule has 25 heavy (non-hydrogen) atoms. The van der Waals surface area contributed by atoms with Crippen LogP contribution in [0.4, 0.5) is 5.69 Å². The third-order valence-corrected chi connectivity index (χ3v) is 3.50. The van der Waals surface area contributed by atoms with Crippen molar-refractivity contribution in [1.29, 1.82) is 0 Å². The summed E-state index contributed by atoms with van der Waals surface area (Å²) in [4.78, 5) is 12.0. The Morgan fingerprint density at radius 3 is 2.80 bits per heavy atom. The van der Waals surface area contributed by atoms with Crippen LogP contribution in [0.2, 0.25) is 0 Å². The molecule has 0 aliphatic rings. The van der Waals surface area contributed by atoms with Crippen molar-refractivity contribution in [1.82, 2.24) is 9.78 Å². The van der Waals surface area contributed by atoms with Crippen LogP contribution in [0.25, 0.3) is 11.8 Å². The highest BCUT2D eigenvalue weighted by Gasteiger charge is 2.04. The standard InChI is InChI=1S/C19H17N3O3/c1-25-18-11-14(7-9-17(18)23)8-10-19(24)21-15-12-20-22(13-15)16-5-3-2-4-6-16/h2-13,23H,1H3,(H,21,24)/b10-8+. The summed E-state index contributed by atoms with van der Waals surface area (Å²) < 4.78 is 6.72. The number of ether oxygens (including phenoxy) is 1. The van der Waals surface area contributed by atoms with E-state index < -0.39 is 0 Å². The highest BCUT2D eigenvalue weighted by atomic mass is 16.5. The zero-order chi connectivity index (χ0) is 17.6. The van der Waals surface area contributed by atoms with Gasteiger partial charge in [-0.05, 0) is 35.9 Å². The fourth-order valence-electron chi connectivity index (χ4n) is 2.26. The number of phenols is 1. The number of para-hydroxylation sites is 1. The molecule has 6 nitrogen and oxygen atoms in total. The fourth-order valence-corrected chi connectivity index (χ4v) is 2.26. The van der Waals surface area contributed by atoms with Crippen molar-refractivity contribution in [2.45, 2.75) is 0 Å². The van der Waals surface area contributed by atoms with Gasteiger partial charge in [-0.25, -0.2) is 4.68 Å². The molecule has 0 unspecified atom stereocenters. The highest BCUT2D eigenvalue weighted by Crippen LogP contribution is 2.26. The lowest BCUT2D eigenvalue weighted by atomic mass is 10.2. The molecule has 0 fully saturated rings. The van der Waals surface area contributed by atoms with Crippen LogP contribution in [0.3, 0.4) is 0 Å². The van der Waals surface area contributed by atoms with Crippen molar-refractivity contribution < 1.29 is 14.6 Å². The van der Waals surface area contributed by atoms with Gasteiger partial charge in [0.1, 0.15) is 0 Å². The first-order valence-electron chi connectivity index (χ1n) is 7.62. The van der Waals surface area contributed by atoms with Gasteiger partial charge >= 0.3 is 0 Å². The highest BCUT2D eigenvalue weighted by molar-refractivity contribution is 6.01. The summed E-state index contributed by atoms with van der Waals surface area (Å²) in [6.07, 6.45) is 6.37. The van der Waals surface area contributed by atoms with Crippen molar-refractivity contribution in [3.63, 3.8) is 0 Å². The molecule has 1 aromatic heterocycles. The number of hydrogen-bond acceptors (Lipinski definition) is 4. The molecule has 2 N–H and O–H groups in total. The molecule has 3 aromatic rings. The molecule has 2 aromatic carbocycles. The van der Waals surface area contributed by atoms with Crippen LogP contribution in [-0.2, 0) is 4.79 Å². The SMILES string of the molecule is COc1cc(/C=C/C(=O)Nc2cnn(-c3ccccc3)c2)ccc1O. The van der Waals surface area contributed by atoms with E-state index in [1.807, 2.05) is 30.3 Å². The maximum Gasteiger partial charge on any atom is 0.248 e. The molecule has 3 rings (SSSR count). The van der Waals surface area contributed by atoms with E-state index in [-0.39, 0.29) is 11.7 Å². The first kappa shape index (κ1) is 16.3. The number of aromatic nitrogens is 2. The van der Waals surface area contributed by atoms with Crippen LogP contribution in [0.5, 0.6) is 11.5 Å². The summed E-state index contributed by atoms with van der Waals surface area (Å²) in [6, 6.07) is 14.5. The van der Waals surface area contributed by atoms with Crippen LogP contribution >= 0.6 is 0 Å². The number of anilines is 1. The van der Waals surface area contributed by atoms with Crippen molar-refractivity contribution in [2.75, 3.05) is 12.4 Å².